The molecule has 0 spiro atoms. The predicted molar refractivity (Wildman–Crippen MR) is 238 cm³/mol. The summed E-state index contributed by atoms with van der Waals surface area (Å²) in [5, 5.41) is 12.4. The van der Waals surface area contributed by atoms with Crippen molar-refractivity contribution in [2.24, 2.45) is 0 Å². The molecule has 0 aliphatic heterocycles. The molecule has 1 aliphatic rings. The molecule has 0 saturated carbocycles. The average Bonchev–Trinajstić information content (AvgIpc) is 3.73. The van der Waals surface area contributed by atoms with E-state index in [0.717, 1.165) is 11.2 Å². The van der Waals surface area contributed by atoms with Gasteiger partial charge in [0.1, 0.15) is 11.2 Å². The smallest absolute Gasteiger partial charge is 0.136 e. The molecule has 0 saturated heterocycles. The molecule has 0 radical (unpaired) electrons. The molecular weight excluding hydrogens is 677 g/mol. The van der Waals surface area contributed by atoms with Crippen molar-refractivity contribution in [2.75, 3.05) is 0 Å². The number of benzene rings is 10. The minimum atomic E-state index is -0.148. The van der Waals surface area contributed by atoms with E-state index in [4.69, 9.17) is 4.42 Å². The van der Waals surface area contributed by atoms with Crippen molar-refractivity contribution in [3.8, 4) is 44.5 Å². The highest BCUT2D eigenvalue weighted by molar-refractivity contribution is 6.23. The highest BCUT2D eigenvalue weighted by Crippen LogP contribution is 2.53. The van der Waals surface area contributed by atoms with Crippen molar-refractivity contribution >= 4 is 65.0 Å². The van der Waals surface area contributed by atoms with Crippen LogP contribution in [0.4, 0.5) is 0 Å². The van der Waals surface area contributed by atoms with Crippen LogP contribution < -0.4 is 0 Å². The Hall–Kier alpha value is -6.96. The topological polar surface area (TPSA) is 13.1 Å². The molecule has 1 heterocycles. The highest BCUT2D eigenvalue weighted by atomic mass is 16.3. The van der Waals surface area contributed by atoms with Gasteiger partial charge in [0.05, 0.1) is 0 Å². The largest absolute Gasteiger partial charge is 0.456 e. The zero-order valence-corrected chi connectivity index (χ0v) is 31.2. The lowest BCUT2D eigenvalue weighted by atomic mass is 9.81. The summed E-state index contributed by atoms with van der Waals surface area (Å²) in [5.74, 6) is 0. The molecule has 0 amide bonds. The van der Waals surface area contributed by atoms with E-state index in [1.165, 1.54) is 109 Å². The molecule has 0 fully saturated rings. The van der Waals surface area contributed by atoms with E-state index in [9.17, 15) is 0 Å². The lowest BCUT2D eigenvalue weighted by Gasteiger charge is -2.22. The maximum Gasteiger partial charge on any atom is 0.136 e. The molecule has 10 aromatic carbocycles. The van der Waals surface area contributed by atoms with Crippen LogP contribution in [0.15, 0.2) is 186 Å². The molecule has 0 atom stereocenters. The van der Waals surface area contributed by atoms with E-state index in [1.807, 2.05) is 6.07 Å². The van der Waals surface area contributed by atoms with Gasteiger partial charge >= 0.3 is 0 Å². The third-order valence-corrected chi connectivity index (χ3v) is 12.6. The number of para-hydroxylation sites is 1. The summed E-state index contributed by atoms with van der Waals surface area (Å²) in [4.78, 5) is 0. The van der Waals surface area contributed by atoms with Crippen LogP contribution in [-0.4, -0.2) is 0 Å². The second-order valence-corrected chi connectivity index (χ2v) is 16.0. The second-order valence-electron chi connectivity index (χ2n) is 16.0. The van der Waals surface area contributed by atoms with Crippen LogP contribution in [0.5, 0.6) is 0 Å². The van der Waals surface area contributed by atoms with E-state index >= 15 is 0 Å². The van der Waals surface area contributed by atoms with Crippen LogP contribution in [0.2, 0.25) is 0 Å². The Bertz CT molecular complexity index is 3380. The zero-order chi connectivity index (χ0) is 37.1. The quantitative estimate of drug-likeness (QED) is 0.166. The van der Waals surface area contributed by atoms with Gasteiger partial charge in [0.2, 0.25) is 0 Å². The van der Waals surface area contributed by atoms with Crippen LogP contribution in [0.25, 0.3) is 110 Å². The molecule has 1 aromatic heterocycles. The normalized spacial score (nSPS) is 13.3. The fraction of sp³-hybridized carbons (Fsp3) is 0.0545. The maximum atomic E-state index is 6.30. The standard InChI is InChI=1S/C55H36O/c1-55(2)48-26-24-39(31-46(48)47-30-37-25-27-51-54(45(37)32-49(47)55)44-18-10-11-19-50(44)56-51)53-42-16-8-6-14-40(42)52(41-15-7-9-17-43(41)53)38-23-22-35-28-34(20-21-36(35)29-38)33-12-4-3-5-13-33/h3-32H,1-2H3. The van der Waals surface area contributed by atoms with Crippen LogP contribution >= 0.6 is 0 Å². The Morgan fingerprint density at radius 3 is 1.57 bits per heavy atom. The zero-order valence-electron chi connectivity index (χ0n) is 31.2. The molecule has 1 heteroatoms. The van der Waals surface area contributed by atoms with Crippen molar-refractivity contribution in [2.45, 2.75) is 19.3 Å². The molecule has 0 N–H and O–H groups in total. The predicted octanol–water partition coefficient (Wildman–Crippen LogP) is 15.5. The van der Waals surface area contributed by atoms with Gasteiger partial charge in [-0.05, 0) is 141 Å². The molecule has 12 rings (SSSR count). The van der Waals surface area contributed by atoms with Gasteiger partial charge in [0.25, 0.3) is 0 Å². The Balaban J connectivity index is 1.05. The van der Waals surface area contributed by atoms with Gasteiger partial charge in [-0.3, -0.25) is 0 Å². The van der Waals surface area contributed by atoms with Gasteiger partial charge in [-0.1, -0.05) is 153 Å². The first-order valence-electron chi connectivity index (χ1n) is 19.6. The SMILES string of the molecule is CC1(C)c2ccc(-c3c4ccccc4c(-c4ccc5cc(-c6ccccc6)ccc5c4)c4ccccc34)cc2-c2cc3ccc4oc5ccccc5c4c3cc21. The number of fused-ring (bicyclic) bond motifs is 11. The number of furan rings is 1. The third-order valence-electron chi connectivity index (χ3n) is 12.6. The summed E-state index contributed by atoms with van der Waals surface area (Å²) >= 11 is 0. The molecule has 1 aliphatic carbocycles. The Labute approximate surface area is 325 Å². The lowest BCUT2D eigenvalue weighted by molar-refractivity contribution is 0.661. The lowest BCUT2D eigenvalue weighted by Crippen LogP contribution is -2.14. The third kappa shape index (κ3) is 4.43. The van der Waals surface area contributed by atoms with E-state index in [0.29, 0.717) is 0 Å². The van der Waals surface area contributed by atoms with Gasteiger partial charge in [-0.15, -0.1) is 0 Å². The number of hydrogen-bond donors (Lipinski definition) is 0. The van der Waals surface area contributed by atoms with Crippen LogP contribution in [0.1, 0.15) is 25.0 Å². The minimum absolute atomic E-state index is 0.148. The van der Waals surface area contributed by atoms with E-state index in [2.05, 4.69) is 190 Å². The first-order chi connectivity index (χ1) is 27.5. The van der Waals surface area contributed by atoms with Crippen molar-refractivity contribution in [3.05, 3.63) is 193 Å². The van der Waals surface area contributed by atoms with Gasteiger partial charge in [0, 0.05) is 16.2 Å². The summed E-state index contributed by atoms with van der Waals surface area (Å²) < 4.78 is 6.30. The van der Waals surface area contributed by atoms with Crippen LogP contribution in [-0.2, 0) is 5.41 Å². The summed E-state index contributed by atoms with van der Waals surface area (Å²) in [6.07, 6.45) is 0. The molecule has 0 bridgehead atoms. The van der Waals surface area contributed by atoms with E-state index in [1.54, 1.807) is 0 Å². The van der Waals surface area contributed by atoms with E-state index in [-0.39, 0.29) is 5.41 Å². The molecule has 1 nitrogen and oxygen atoms in total. The summed E-state index contributed by atoms with van der Waals surface area (Å²) in [6, 6.07) is 67.3. The molecule has 262 valence electrons. The van der Waals surface area contributed by atoms with Gasteiger partial charge < -0.3 is 4.42 Å². The van der Waals surface area contributed by atoms with Gasteiger partial charge in [0.15, 0.2) is 0 Å². The Morgan fingerprint density at radius 1 is 0.339 bits per heavy atom. The number of rotatable bonds is 3. The monoisotopic (exact) mass is 712 g/mol. The summed E-state index contributed by atoms with van der Waals surface area (Å²) in [7, 11) is 0. The molecule has 11 aromatic rings. The Morgan fingerprint density at radius 2 is 0.875 bits per heavy atom. The van der Waals surface area contributed by atoms with Crippen molar-refractivity contribution < 1.29 is 4.42 Å². The first-order valence-corrected chi connectivity index (χ1v) is 19.6. The minimum Gasteiger partial charge on any atom is -0.456 e. The summed E-state index contributed by atoms with van der Waals surface area (Å²) in [6.45, 7) is 4.75. The van der Waals surface area contributed by atoms with E-state index < -0.39 is 0 Å². The second kappa shape index (κ2) is 11.5. The van der Waals surface area contributed by atoms with Crippen molar-refractivity contribution in [1.82, 2.24) is 0 Å². The summed E-state index contributed by atoms with van der Waals surface area (Å²) in [5.41, 5.74) is 14.6. The number of hydrogen-bond acceptors (Lipinski definition) is 1. The highest BCUT2D eigenvalue weighted by Gasteiger charge is 2.36. The van der Waals surface area contributed by atoms with Crippen LogP contribution in [0.3, 0.4) is 0 Å². The van der Waals surface area contributed by atoms with Gasteiger partial charge in [-0.25, -0.2) is 0 Å². The van der Waals surface area contributed by atoms with Gasteiger partial charge in [-0.2, -0.15) is 0 Å². The van der Waals surface area contributed by atoms with Crippen molar-refractivity contribution in [3.63, 3.8) is 0 Å². The van der Waals surface area contributed by atoms with Crippen molar-refractivity contribution in [1.29, 1.82) is 0 Å². The molecule has 56 heavy (non-hydrogen) atoms. The maximum absolute atomic E-state index is 6.30. The Kier molecular flexibility index (Phi) is 6.46. The van der Waals surface area contributed by atoms with Crippen LogP contribution in [0, 0.1) is 0 Å². The fourth-order valence-electron chi connectivity index (χ4n) is 9.91. The molecule has 0 unspecified atom stereocenters. The molecular formula is C55H36O. The average molecular weight is 713 g/mol. The first kappa shape index (κ1) is 31.4. The fourth-order valence-corrected chi connectivity index (χ4v) is 9.91.